The fourth-order valence-electron chi connectivity index (χ4n) is 2.05. The largest absolute Gasteiger partial charge is 0.378 e. The highest BCUT2D eigenvalue weighted by atomic mass is 32.2. The monoisotopic (exact) mass is 278 g/mol. The van der Waals surface area contributed by atoms with E-state index in [0.29, 0.717) is 12.6 Å². The van der Waals surface area contributed by atoms with Crippen LogP contribution >= 0.6 is 0 Å². The first-order valence-electron chi connectivity index (χ1n) is 6.71. The molecule has 1 saturated heterocycles. The van der Waals surface area contributed by atoms with E-state index in [2.05, 4.69) is 5.32 Å². The van der Waals surface area contributed by atoms with E-state index < -0.39 is 10.0 Å². The summed E-state index contributed by atoms with van der Waals surface area (Å²) in [6, 6.07) is 0.296. The van der Waals surface area contributed by atoms with Crippen LogP contribution in [0.4, 0.5) is 0 Å². The zero-order chi connectivity index (χ0) is 13.6. The topological polar surface area (TPSA) is 58.6 Å². The molecular weight excluding hydrogens is 252 g/mol. The Morgan fingerprint density at radius 1 is 1.39 bits per heavy atom. The number of nitrogens with zero attached hydrogens (tertiary/aromatic N) is 1. The van der Waals surface area contributed by atoms with Crippen LogP contribution in [0.2, 0.25) is 0 Å². The molecule has 1 unspecified atom stereocenters. The van der Waals surface area contributed by atoms with Crippen LogP contribution in [-0.2, 0) is 14.8 Å². The van der Waals surface area contributed by atoms with Crippen LogP contribution in [-0.4, -0.2) is 57.4 Å². The van der Waals surface area contributed by atoms with E-state index in [1.165, 1.54) is 17.1 Å². The molecule has 0 bridgehead atoms. The quantitative estimate of drug-likeness (QED) is 0.749. The highest BCUT2D eigenvalue weighted by Crippen LogP contribution is 2.10. The van der Waals surface area contributed by atoms with Crippen molar-refractivity contribution >= 4 is 10.0 Å². The van der Waals surface area contributed by atoms with Crippen molar-refractivity contribution in [1.82, 2.24) is 9.62 Å². The molecule has 1 fully saturated rings. The van der Waals surface area contributed by atoms with E-state index in [9.17, 15) is 8.42 Å². The molecule has 0 aromatic rings. The Morgan fingerprint density at radius 2 is 2.11 bits per heavy atom. The second-order valence-electron chi connectivity index (χ2n) is 5.16. The molecule has 108 valence electrons. The number of ether oxygens (including phenoxy) is 1. The van der Waals surface area contributed by atoms with Gasteiger partial charge in [0.15, 0.2) is 0 Å². The van der Waals surface area contributed by atoms with Crippen molar-refractivity contribution in [2.75, 3.05) is 32.5 Å². The van der Waals surface area contributed by atoms with Crippen LogP contribution in [0.1, 0.15) is 33.1 Å². The van der Waals surface area contributed by atoms with Crippen LogP contribution in [0.25, 0.3) is 0 Å². The van der Waals surface area contributed by atoms with Crippen molar-refractivity contribution < 1.29 is 13.2 Å². The van der Waals surface area contributed by atoms with Gasteiger partial charge < -0.3 is 10.1 Å². The molecule has 0 saturated carbocycles. The number of likely N-dealkylation sites (N-methyl/N-ethyl adjacent to an activating group) is 1. The van der Waals surface area contributed by atoms with Crippen molar-refractivity contribution in [3.8, 4) is 0 Å². The standard InChI is InChI=1S/C12H26N2O3S/c1-11(2)17-8-9-18(15,16)14(3)10-12-6-4-5-7-13-12/h11-13H,4-10H2,1-3H3. The molecule has 1 aliphatic rings. The van der Waals surface area contributed by atoms with E-state index in [4.69, 9.17) is 4.74 Å². The van der Waals surface area contributed by atoms with Crippen LogP contribution < -0.4 is 5.32 Å². The van der Waals surface area contributed by atoms with Crippen molar-refractivity contribution in [2.45, 2.75) is 45.3 Å². The van der Waals surface area contributed by atoms with Gasteiger partial charge in [-0.2, -0.15) is 0 Å². The molecular formula is C12H26N2O3S. The Labute approximate surface area is 111 Å². The summed E-state index contributed by atoms with van der Waals surface area (Å²) in [6.45, 7) is 5.63. The first-order chi connectivity index (χ1) is 8.42. The van der Waals surface area contributed by atoms with E-state index in [-0.39, 0.29) is 18.5 Å². The summed E-state index contributed by atoms with van der Waals surface area (Å²) < 4.78 is 30.8. The SMILES string of the molecule is CC(C)OCCS(=O)(=O)N(C)CC1CCCCN1. The summed E-state index contributed by atoms with van der Waals surface area (Å²) in [6.07, 6.45) is 3.50. The number of piperidine rings is 1. The second-order valence-corrected chi connectivity index (χ2v) is 7.36. The first-order valence-corrected chi connectivity index (χ1v) is 8.31. The Bertz CT molecular complexity index is 324. The Kier molecular flexibility index (Phi) is 6.55. The molecule has 1 N–H and O–H groups in total. The van der Waals surface area contributed by atoms with Gasteiger partial charge in [0, 0.05) is 19.6 Å². The molecule has 18 heavy (non-hydrogen) atoms. The summed E-state index contributed by atoms with van der Waals surface area (Å²) in [4.78, 5) is 0. The molecule has 0 aliphatic carbocycles. The summed E-state index contributed by atoms with van der Waals surface area (Å²) in [5, 5.41) is 3.36. The predicted octanol–water partition coefficient (Wildman–Crippen LogP) is 0.815. The molecule has 1 rings (SSSR count). The van der Waals surface area contributed by atoms with Gasteiger partial charge in [0.2, 0.25) is 10.0 Å². The Hall–Kier alpha value is -0.170. The van der Waals surface area contributed by atoms with Gasteiger partial charge in [-0.25, -0.2) is 12.7 Å². The molecule has 6 heteroatoms. The molecule has 0 aromatic heterocycles. The van der Waals surface area contributed by atoms with Gasteiger partial charge in [0.25, 0.3) is 0 Å². The lowest BCUT2D eigenvalue weighted by Crippen LogP contribution is -2.45. The molecule has 1 heterocycles. The van der Waals surface area contributed by atoms with Crippen LogP contribution in [0, 0.1) is 0 Å². The predicted molar refractivity (Wildman–Crippen MR) is 73.1 cm³/mol. The van der Waals surface area contributed by atoms with Crippen molar-refractivity contribution in [3.63, 3.8) is 0 Å². The number of sulfonamides is 1. The molecule has 1 atom stereocenters. The van der Waals surface area contributed by atoms with Crippen molar-refractivity contribution in [2.24, 2.45) is 0 Å². The average molecular weight is 278 g/mol. The summed E-state index contributed by atoms with van der Waals surface area (Å²) in [5.41, 5.74) is 0. The van der Waals surface area contributed by atoms with E-state index in [1.807, 2.05) is 13.8 Å². The normalized spacial score (nSPS) is 21.7. The van der Waals surface area contributed by atoms with Gasteiger partial charge in [-0.1, -0.05) is 6.42 Å². The lowest BCUT2D eigenvalue weighted by molar-refractivity contribution is 0.0907. The van der Waals surface area contributed by atoms with Crippen LogP contribution in [0.3, 0.4) is 0 Å². The first kappa shape index (κ1) is 15.9. The van der Waals surface area contributed by atoms with Gasteiger partial charge in [-0.3, -0.25) is 0 Å². The van der Waals surface area contributed by atoms with E-state index >= 15 is 0 Å². The molecule has 1 aliphatic heterocycles. The third-order valence-corrected chi connectivity index (χ3v) is 4.94. The minimum Gasteiger partial charge on any atom is -0.378 e. The van der Waals surface area contributed by atoms with Crippen LogP contribution in [0.15, 0.2) is 0 Å². The zero-order valence-electron chi connectivity index (χ0n) is 11.7. The smallest absolute Gasteiger partial charge is 0.216 e. The third kappa shape index (κ3) is 5.65. The Morgan fingerprint density at radius 3 is 2.67 bits per heavy atom. The molecule has 0 radical (unpaired) electrons. The minimum atomic E-state index is -3.19. The second kappa shape index (κ2) is 7.43. The fraction of sp³-hybridized carbons (Fsp3) is 1.00. The molecule has 0 aromatic carbocycles. The molecule has 0 spiro atoms. The maximum absolute atomic E-state index is 12.0. The number of nitrogens with one attached hydrogen (secondary N) is 1. The number of hydrogen-bond donors (Lipinski definition) is 1. The average Bonchev–Trinajstić information content (AvgIpc) is 2.29. The summed E-state index contributed by atoms with van der Waals surface area (Å²) >= 11 is 0. The van der Waals surface area contributed by atoms with Crippen LogP contribution in [0.5, 0.6) is 0 Å². The van der Waals surface area contributed by atoms with Gasteiger partial charge in [0.05, 0.1) is 18.5 Å². The highest BCUT2D eigenvalue weighted by Gasteiger charge is 2.22. The van der Waals surface area contributed by atoms with Gasteiger partial charge in [0.1, 0.15) is 0 Å². The summed E-state index contributed by atoms with van der Waals surface area (Å²) in [5.74, 6) is 0.0639. The minimum absolute atomic E-state index is 0.0639. The Balaban J connectivity index is 2.35. The zero-order valence-corrected chi connectivity index (χ0v) is 12.5. The number of hydrogen-bond acceptors (Lipinski definition) is 4. The molecule has 5 nitrogen and oxygen atoms in total. The maximum Gasteiger partial charge on any atom is 0.216 e. The lowest BCUT2D eigenvalue weighted by Gasteiger charge is -2.27. The van der Waals surface area contributed by atoms with E-state index in [1.54, 1.807) is 7.05 Å². The summed E-state index contributed by atoms with van der Waals surface area (Å²) in [7, 11) is -1.53. The van der Waals surface area contributed by atoms with Crippen molar-refractivity contribution in [3.05, 3.63) is 0 Å². The third-order valence-electron chi connectivity index (χ3n) is 3.16. The molecule has 0 amide bonds. The van der Waals surface area contributed by atoms with Gasteiger partial charge >= 0.3 is 0 Å². The van der Waals surface area contributed by atoms with Crippen molar-refractivity contribution in [1.29, 1.82) is 0 Å². The van der Waals surface area contributed by atoms with Gasteiger partial charge in [-0.15, -0.1) is 0 Å². The van der Waals surface area contributed by atoms with E-state index in [0.717, 1.165) is 13.0 Å². The number of rotatable bonds is 7. The highest BCUT2D eigenvalue weighted by molar-refractivity contribution is 7.89. The lowest BCUT2D eigenvalue weighted by atomic mass is 10.1. The van der Waals surface area contributed by atoms with Gasteiger partial charge in [-0.05, 0) is 33.2 Å². The maximum atomic E-state index is 12.0. The fourth-order valence-corrected chi connectivity index (χ4v) is 3.07.